The molecule has 12 heteroatoms. The lowest BCUT2D eigenvalue weighted by molar-refractivity contribution is -0.129. The lowest BCUT2D eigenvalue weighted by atomic mass is 10.0. The summed E-state index contributed by atoms with van der Waals surface area (Å²) in [7, 11) is 0. The zero-order valence-electron chi connectivity index (χ0n) is 28.0. The van der Waals surface area contributed by atoms with E-state index in [9.17, 15) is 19.2 Å². The first-order chi connectivity index (χ1) is 24.8. The second-order valence-electron chi connectivity index (χ2n) is 12.2. The number of benzene rings is 3. The molecule has 260 valence electrons. The van der Waals surface area contributed by atoms with Crippen LogP contribution in [0.3, 0.4) is 0 Å². The van der Waals surface area contributed by atoms with Gasteiger partial charge in [-0.15, -0.1) is 34.9 Å². The number of thioether (sulfide) groups is 2. The molecule has 0 saturated carbocycles. The monoisotopic (exact) mass is 736 g/mol. The summed E-state index contributed by atoms with van der Waals surface area (Å²) in [5, 5.41) is 6.00. The number of urea groups is 1. The highest BCUT2D eigenvalue weighted by Gasteiger charge is 2.37. The van der Waals surface area contributed by atoms with Gasteiger partial charge in [-0.2, -0.15) is 0 Å². The molecular formula is C39H36N4O5S3. The number of allylic oxidation sites excluding steroid dienone is 2. The number of carbonyl (C=O) groups excluding carboxylic acids is 4. The van der Waals surface area contributed by atoms with Gasteiger partial charge in [-0.25, -0.2) is 9.59 Å². The maximum Gasteiger partial charge on any atom is 0.341 e. The van der Waals surface area contributed by atoms with E-state index in [0.29, 0.717) is 35.8 Å². The molecule has 3 unspecified atom stereocenters. The molecule has 3 atom stereocenters. The van der Waals surface area contributed by atoms with Gasteiger partial charge >= 0.3 is 12.0 Å². The van der Waals surface area contributed by atoms with Gasteiger partial charge < -0.3 is 20.3 Å². The Labute approximate surface area is 309 Å². The first kappa shape index (κ1) is 34.7. The average molecular weight is 737 g/mol. The summed E-state index contributed by atoms with van der Waals surface area (Å²) >= 11 is 4.41. The number of amides is 4. The van der Waals surface area contributed by atoms with E-state index in [-0.39, 0.29) is 35.7 Å². The maximum atomic E-state index is 14.2. The van der Waals surface area contributed by atoms with Crippen molar-refractivity contribution >= 4 is 75.1 Å². The first-order valence-electron chi connectivity index (χ1n) is 16.7. The van der Waals surface area contributed by atoms with Crippen molar-refractivity contribution in [1.82, 2.24) is 4.90 Å². The molecule has 3 aromatic carbocycles. The van der Waals surface area contributed by atoms with Gasteiger partial charge in [0, 0.05) is 33.8 Å². The van der Waals surface area contributed by atoms with Crippen LogP contribution in [0.5, 0.6) is 0 Å². The minimum atomic E-state index is -0.689. The van der Waals surface area contributed by atoms with Crippen LogP contribution in [0.15, 0.2) is 113 Å². The van der Waals surface area contributed by atoms with Crippen LogP contribution in [0.2, 0.25) is 0 Å². The normalized spacial score (nSPS) is 17.8. The van der Waals surface area contributed by atoms with E-state index in [1.54, 1.807) is 23.6 Å². The predicted molar refractivity (Wildman–Crippen MR) is 205 cm³/mol. The second kappa shape index (κ2) is 15.2. The highest BCUT2D eigenvalue weighted by molar-refractivity contribution is 8.00. The molecule has 1 aromatic heterocycles. The largest absolute Gasteiger partial charge is 0.462 e. The molecule has 0 saturated heterocycles. The number of thiophene rings is 1. The molecular weight excluding hydrogens is 701 g/mol. The molecule has 3 aliphatic rings. The van der Waals surface area contributed by atoms with Crippen molar-refractivity contribution in [3.05, 3.63) is 125 Å². The van der Waals surface area contributed by atoms with Gasteiger partial charge in [-0.05, 0) is 54.8 Å². The molecule has 4 aromatic rings. The van der Waals surface area contributed by atoms with Crippen LogP contribution in [0.1, 0.15) is 45.5 Å². The Bertz CT molecular complexity index is 2050. The number of carbonyl (C=O) groups is 4. The Kier molecular flexibility index (Phi) is 10.3. The molecule has 0 bridgehead atoms. The molecule has 0 spiro atoms. The number of para-hydroxylation sites is 1. The molecule has 7 rings (SSSR count). The Morgan fingerprint density at radius 3 is 2.55 bits per heavy atom. The molecule has 9 nitrogen and oxygen atoms in total. The summed E-state index contributed by atoms with van der Waals surface area (Å²) in [6.45, 7) is 4.35. The van der Waals surface area contributed by atoms with Crippen molar-refractivity contribution in [2.24, 2.45) is 0 Å². The van der Waals surface area contributed by atoms with Crippen LogP contribution < -0.4 is 15.5 Å². The molecule has 1 aliphatic carbocycles. The standard InChI is InChI=1S/C39H36N4O5S3/c1-3-48-38(46)34-28-20-21-42(24(2)44)23-33(28)51-37(34)41-36(45)35(25-12-5-4-6-13-25)49-27-15-11-14-26(22-27)40-39(47)43-29-16-7-9-18-31(29)50-32-19-10-8-17-30(32)43/h4-19,22,29,31,35H,3,20-21,23H2,1-2H3,(H,40,47)(H,41,45). The summed E-state index contributed by atoms with van der Waals surface area (Å²) in [5.41, 5.74) is 3.42. The number of rotatable bonds is 8. The van der Waals surface area contributed by atoms with Gasteiger partial charge in [0.25, 0.3) is 0 Å². The van der Waals surface area contributed by atoms with Crippen LogP contribution >= 0.6 is 34.9 Å². The van der Waals surface area contributed by atoms with Crippen molar-refractivity contribution < 1.29 is 23.9 Å². The van der Waals surface area contributed by atoms with Crippen LogP contribution in [0.4, 0.5) is 21.2 Å². The lowest BCUT2D eigenvalue weighted by Crippen LogP contribution is -2.49. The van der Waals surface area contributed by atoms with Crippen LogP contribution in [0.25, 0.3) is 0 Å². The summed E-state index contributed by atoms with van der Waals surface area (Å²) in [6.07, 6.45) is 8.67. The second-order valence-corrected chi connectivity index (χ2v) is 15.7. The molecule has 51 heavy (non-hydrogen) atoms. The number of fused-ring (bicyclic) bond motifs is 3. The third-order valence-corrected chi connectivity index (χ3v) is 12.5. The van der Waals surface area contributed by atoms with Gasteiger partial charge in [-0.1, -0.05) is 72.8 Å². The number of hydrogen-bond donors (Lipinski definition) is 2. The average Bonchev–Trinajstić information content (AvgIpc) is 3.50. The minimum absolute atomic E-state index is 0.0387. The quantitative estimate of drug-likeness (QED) is 0.138. The predicted octanol–water partition coefficient (Wildman–Crippen LogP) is 8.31. The SMILES string of the molecule is CCOC(=O)c1c(NC(=O)C(Sc2cccc(NC(=O)N3c4ccccc4SC4C=CC=CC43)c2)c2ccccc2)sc2c1CCN(C(C)=O)C2. The number of hydrogen-bond acceptors (Lipinski definition) is 8. The van der Waals surface area contributed by atoms with Gasteiger partial charge in [-0.3, -0.25) is 14.5 Å². The van der Waals surface area contributed by atoms with Crippen LogP contribution in [-0.4, -0.2) is 53.2 Å². The van der Waals surface area contributed by atoms with Gasteiger partial charge in [0.05, 0.1) is 35.7 Å². The van der Waals surface area contributed by atoms with E-state index in [1.807, 2.05) is 95.9 Å². The van der Waals surface area contributed by atoms with Crippen LogP contribution in [-0.2, 0) is 27.3 Å². The number of nitrogens with zero attached hydrogens (tertiary/aromatic N) is 2. The van der Waals surface area contributed by atoms with Gasteiger partial charge in [0.15, 0.2) is 0 Å². The zero-order valence-corrected chi connectivity index (χ0v) is 30.5. The molecule has 2 N–H and O–H groups in total. The summed E-state index contributed by atoms with van der Waals surface area (Å²) in [4.78, 5) is 59.8. The number of nitrogens with one attached hydrogen (secondary N) is 2. The van der Waals surface area contributed by atoms with Gasteiger partial charge in [0.1, 0.15) is 10.3 Å². The van der Waals surface area contributed by atoms with Crippen molar-refractivity contribution in [1.29, 1.82) is 0 Å². The minimum Gasteiger partial charge on any atom is -0.462 e. The molecule has 2 aliphatic heterocycles. The molecule has 3 heterocycles. The molecule has 0 radical (unpaired) electrons. The molecule has 0 fully saturated rings. The Morgan fingerprint density at radius 1 is 0.961 bits per heavy atom. The van der Waals surface area contributed by atoms with Gasteiger partial charge in [0.2, 0.25) is 11.8 Å². The fourth-order valence-electron chi connectivity index (χ4n) is 6.45. The van der Waals surface area contributed by atoms with E-state index in [1.165, 1.54) is 30.0 Å². The first-order valence-corrected chi connectivity index (χ1v) is 19.3. The maximum absolute atomic E-state index is 14.2. The van der Waals surface area contributed by atoms with Crippen LogP contribution in [0, 0.1) is 0 Å². The summed E-state index contributed by atoms with van der Waals surface area (Å²) < 4.78 is 5.41. The summed E-state index contributed by atoms with van der Waals surface area (Å²) in [6, 6.07) is 24.5. The van der Waals surface area contributed by atoms with Crippen molar-refractivity contribution in [2.45, 2.75) is 53.1 Å². The number of ether oxygens (including phenoxy) is 1. The fourth-order valence-corrected chi connectivity index (χ4v) is 10.0. The number of esters is 1. The highest BCUT2D eigenvalue weighted by atomic mass is 32.2. The Morgan fingerprint density at radius 2 is 1.75 bits per heavy atom. The Hall–Kier alpha value is -4.78. The van der Waals surface area contributed by atoms with E-state index < -0.39 is 11.2 Å². The topological polar surface area (TPSA) is 108 Å². The van der Waals surface area contributed by atoms with Crippen molar-refractivity contribution in [3.63, 3.8) is 0 Å². The number of anilines is 3. The van der Waals surface area contributed by atoms with E-state index >= 15 is 0 Å². The van der Waals surface area contributed by atoms with E-state index in [4.69, 9.17) is 4.74 Å². The smallest absolute Gasteiger partial charge is 0.341 e. The van der Waals surface area contributed by atoms with E-state index in [0.717, 1.165) is 31.5 Å². The third kappa shape index (κ3) is 7.35. The van der Waals surface area contributed by atoms with Crippen molar-refractivity contribution in [2.75, 3.05) is 28.7 Å². The summed E-state index contributed by atoms with van der Waals surface area (Å²) in [5.74, 6) is -0.836. The lowest BCUT2D eigenvalue weighted by Gasteiger charge is -2.40. The van der Waals surface area contributed by atoms with E-state index in [2.05, 4.69) is 22.8 Å². The Balaban J connectivity index is 1.14. The highest BCUT2D eigenvalue weighted by Crippen LogP contribution is 2.44. The van der Waals surface area contributed by atoms with Crippen molar-refractivity contribution in [3.8, 4) is 0 Å². The molecule has 4 amide bonds. The third-order valence-electron chi connectivity index (χ3n) is 8.86. The zero-order chi connectivity index (χ0) is 35.5. The fraction of sp³-hybridized carbons (Fsp3) is 0.231.